The highest BCUT2D eigenvalue weighted by Gasteiger charge is 2.15. The number of fused-ring (bicyclic) bond motifs is 1. The van der Waals surface area contributed by atoms with Crippen LogP contribution in [-0.2, 0) is 0 Å². The van der Waals surface area contributed by atoms with E-state index in [0.29, 0.717) is 34.5 Å². The number of benzene rings is 2. The van der Waals surface area contributed by atoms with Crippen LogP contribution in [-0.4, -0.2) is 33.0 Å². The van der Waals surface area contributed by atoms with E-state index in [1.165, 1.54) is 0 Å². The van der Waals surface area contributed by atoms with Gasteiger partial charge in [-0.2, -0.15) is 5.10 Å². The normalized spacial score (nSPS) is 11.0. The fourth-order valence-electron chi connectivity index (χ4n) is 3.65. The summed E-state index contributed by atoms with van der Waals surface area (Å²) < 4.78 is 18.5. The molecule has 0 aliphatic heterocycles. The van der Waals surface area contributed by atoms with E-state index in [1.54, 1.807) is 60.3 Å². The molecule has 0 atom stereocenters. The summed E-state index contributed by atoms with van der Waals surface area (Å²) in [7, 11) is 1.56. The summed E-state index contributed by atoms with van der Waals surface area (Å²) >= 11 is 0. The molecule has 5 rings (SSSR count). The Bertz CT molecular complexity index is 1520. The lowest BCUT2D eigenvalue weighted by molar-refractivity contribution is 0.0998. The predicted molar refractivity (Wildman–Crippen MR) is 131 cm³/mol. The van der Waals surface area contributed by atoms with Crippen molar-refractivity contribution in [2.75, 3.05) is 12.4 Å². The molecule has 9 heteroatoms. The first-order valence-corrected chi connectivity index (χ1v) is 11.0. The maximum Gasteiger partial charge on any atom is 0.291 e. The van der Waals surface area contributed by atoms with Crippen molar-refractivity contribution in [3.05, 3.63) is 83.4 Å². The third-order valence-electron chi connectivity index (χ3n) is 5.78. The average Bonchev–Trinajstić information content (AvgIpc) is 3.43. The minimum Gasteiger partial charge on any atom is -0.493 e. The van der Waals surface area contributed by atoms with Crippen LogP contribution in [0.15, 0.2) is 65.1 Å². The number of carbonyl (C=O) groups is 1. The Morgan fingerprint density at radius 3 is 2.46 bits per heavy atom. The van der Waals surface area contributed by atoms with E-state index in [2.05, 4.69) is 20.6 Å². The zero-order valence-electron chi connectivity index (χ0n) is 19.7. The van der Waals surface area contributed by atoms with Crippen molar-refractivity contribution in [3.63, 3.8) is 0 Å². The van der Waals surface area contributed by atoms with Gasteiger partial charge < -0.3 is 19.2 Å². The Morgan fingerprint density at radius 2 is 1.80 bits per heavy atom. The van der Waals surface area contributed by atoms with Crippen LogP contribution >= 0.6 is 0 Å². The second-order valence-corrected chi connectivity index (χ2v) is 8.01. The van der Waals surface area contributed by atoms with Crippen molar-refractivity contribution < 1.29 is 18.7 Å². The summed E-state index contributed by atoms with van der Waals surface area (Å²) in [6.45, 7) is 5.98. The molecule has 9 nitrogen and oxygen atoms in total. The maximum atomic E-state index is 12.7. The Balaban J connectivity index is 1.25. The third-order valence-corrected chi connectivity index (χ3v) is 5.78. The number of hydrogen-bond donors (Lipinski definition) is 1. The lowest BCUT2D eigenvalue weighted by Gasteiger charge is -2.07. The molecule has 1 N–H and O–H groups in total. The number of hydrogen-bond acceptors (Lipinski definition) is 7. The Kier molecular flexibility index (Phi) is 5.66. The number of aryl methyl sites for hydroxylation is 1. The van der Waals surface area contributed by atoms with Crippen LogP contribution in [0, 0.1) is 20.8 Å². The fourth-order valence-corrected chi connectivity index (χ4v) is 3.65. The van der Waals surface area contributed by atoms with Crippen LogP contribution in [0.25, 0.3) is 16.8 Å². The summed E-state index contributed by atoms with van der Waals surface area (Å²) in [6.07, 6.45) is 0. The van der Waals surface area contributed by atoms with Crippen LogP contribution in [0.2, 0.25) is 0 Å². The maximum absolute atomic E-state index is 12.7. The van der Waals surface area contributed by atoms with Crippen LogP contribution in [0.3, 0.4) is 0 Å². The highest BCUT2D eigenvalue weighted by atomic mass is 16.5. The molecule has 1 amide bonds. The summed E-state index contributed by atoms with van der Waals surface area (Å²) in [5.74, 6) is 1.92. The van der Waals surface area contributed by atoms with Crippen LogP contribution in [0.4, 0.5) is 5.69 Å². The Morgan fingerprint density at radius 1 is 1.00 bits per heavy atom. The minimum atomic E-state index is -0.363. The molecular formula is C26H23N5O4. The molecule has 3 heterocycles. The number of anilines is 1. The number of amides is 1. The number of rotatable bonds is 6. The number of aromatic nitrogens is 4. The molecule has 0 aliphatic rings. The first-order chi connectivity index (χ1) is 16.9. The molecule has 0 radical (unpaired) electrons. The molecule has 0 bridgehead atoms. The second kappa shape index (κ2) is 8.94. The molecule has 2 aromatic carbocycles. The molecule has 0 aliphatic carbocycles. The molecule has 35 heavy (non-hydrogen) atoms. The first-order valence-electron chi connectivity index (χ1n) is 11.0. The lowest BCUT2D eigenvalue weighted by atomic mass is 10.2. The van der Waals surface area contributed by atoms with Crippen LogP contribution in [0.5, 0.6) is 17.4 Å². The van der Waals surface area contributed by atoms with Gasteiger partial charge in [-0.05, 0) is 68.8 Å². The molecule has 176 valence electrons. The van der Waals surface area contributed by atoms with Gasteiger partial charge >= 0.3 is 0 Å². The van der Waals surface area contributed by atoms with Gasteiger partial charge in [0.25, 0.3) is 5.91 Å². The number of ether oxygens (including phenoxy) is 2. The number of nitrogens with zero attached hydrogens (tertiary/aromatic N) is 4. The highest BCUT2D eigenvalue weighted by molar-refractivity contribution is 6.05. The van der Waals surface area contributed by atoms with Gasteiger partial charge in [-0.1, -0.05) is 12.1 Å². The van der Waals surface area contributed by atoms with Crippen molar-refractivity contribution >= 4 is 22.6 Å². The van der Waals surface area contributed by atoms with E-state index in [1.807, 2.05) is 32.9 Å². The van der Waals surface area contributed by atoms with E-state index in [4.69, 9.17) is 13.9 Å². The van der Waals surface area contributed by atoms with E-state index < -0.39 is 0 Å². The van der Waals surface area contributed by atoms with Gasteiger partial charge in [0.05, 0.1) is 12.8 Å². The van der Waals surface area contributed by atoms with Gasteiger partial charge in [-0.3, -0.25) is 4.79 Å². The standard InChI is InChI=1S/C26H23N5O4/c1-15-16(2)30-31(17(15)3)23-12-13-24(29-28-23)34-20-10-8-19(9-11-20)27-26(32)22-14-18-6-5-7-21(33-4)25(18)35-22/h5-14H,1-4H3,(H,27,32). The van der Waals surface area contributed by atoms with Crippen molar-refractivity contribution in [3.8, 4) is 23.2 Å². The van der Waals surface area contributed by atoms with Crippen molar-refractivity contribution in [2.24, 2.45) is 0 Å². The van der Waals surface area contributed by atoms with Gasteiger partial charge in [-0.25, -0.2) is 4.68 Å². The van der Waals surface area contributed by atoms with Gasteiger partial charge in [0.2, 0.25) is 5.88 Å². The van der Waals surface area contributed by atoms with Gasteiger partial charge in [0, 0.05) is 22.8 Å². The smallest absolute Gasteiger partial charge is 0.291 e. The highest BCUT2D eigenvalue weighted by Crippen LogP contribution is 2.29. The van der Waals surface area contributed by atoms with Crippen molar-refractivity contribution in [1.82, 2.24) is 20.0 Å². The SMILES string of the molecule is COc1cccc2cc(C(=O)Nc3ccc(Oc4ccc(-n5nc(C)c(C)c5C)nn4)cc3)oc12. The summed E-state index contributed by atoms with van der Waals surface area (Å²) in [6, 6.07) is 17.6. The van der Waals surface area contributed by atoms with Crippen LogP contribution in [0.1, 0.15) is 27.5 Å². The van der Waals surface area contributed by atoms with Crippen LogP contribution < -0.4 is 14.8 Å². The fraction of sp³-hybridized carbons (Fsp3) is 0.154. The Labute approximate surface area is 201 Å². The number of methoxy groups -OCH3 is 1. The number of furan rings is 1. The van der Waals surface area contributed by atoms with Gasteiger partial charge in [0.15, 0.2) is 22.9 Å². The zero-order chi connectivity index (χ0) is 24.5. The summed E-state index contributed by atoms with van der Waals surface area (Å²) in [4.78, 5) is 12.7. The predicted octanol–water partition coefficient (Wildman–Crippen LogP) is 5.39. The van der Waals surface area contributed by atoms with Crippen molar-refractivity contribution in [1.29, 1.82) is 0 Å². The van der Waals surface area contributed by atoms with E-state index in [-0.39, 0.29) is 11.7 Å². The number of para-hydroxylation sites is 1. The average molecular weight is 470 g/mol. The van der Waals surface area contributed by atoms with Gasteiger partial charge in [-0.15, -0.1) is 10.2 Å². The quantitative estimate of drug-likeness (QED) is 0.356. The molecule has 0 spiro atoms. The van der Waals surface area contributed by atoms with E-state index >= 15 is 0 Å². The topological polar surface area (TPSA) is 104 Å². The minimum absolute atomic E-state index is 0.193. The second-order valence-electron chi connectivity index (χ2n) is 8.01. The molecule has 0 saturated heterocycles. The number of carbonyl (C=O) groups excluding carboxylic acids is 1. The molecule has 3 aromatic heterocycles. The molecule has 0 unspecified atom stereocenters. The molecular weight excluding hydrogens is 446 g/mol. The van der Waals surface area contributed by atoms with E-state index in [9.17, 15) is 4.79 Å². The summed E-state index contributed by atoms with van der Waals surface area (Å²) in [5, 5.41) is 16.5. The molecule has 0 fully saturated rings. The zero-order valence-corrected chi connectivity index (χ0v) is 19.7. The number of nitrogens with one attached hydrogen (secondary N) is 1. The van der Waals surface area contributed by atoms with E-state index in [0.717, 1.165) is 22.3 Å². The largest absolute Gasteiger partial charge is 0.493 e. The monoisotopic (exact) mass is 469 g/mol. The summed E-state index contributed by atoms with van der Waals surface area (Å²) in [5.41, 5.74) is 4.22. The van der Waals surface area contributed by atoms with Crippen molar-refractivity contribution in [2.45, 2.75) is 20.8 Å². The Hall–Kier alpha value is -4.66. The molecule has 5 aromatic rings. The van der Waals surface area contributed by atoms with Gasteiger partial charge in [0.1, 0.15) is 5.75 Å². The molecule has 0 saturated carbocycles. The third kappa shape index (κ3) is 4.31. The lowest BCUT2D eigenvalue weighted by Crippen LogP contribution is -2.10. The first kappa shape index (κ1) is 22.1.